The summed E-state index contributed by atoms with van der Waals surface area (Å²) in [7, 11) is 0. The van der Waals surface area contributed by atoms with Gasteiger partial charge in [0.25, 0.3) is 0 Å². The summed E-state index contributed by atoms with van der Waals surface area (Å²) in [6.45, 7) is 4.21. The highest BCUT2D eigenvalue weighted by atomic mass is 16.4. The molecule has 0 heterocycles. The summed E-state index contributed by atoms with van der Waals surface area (Å²) in [6.07, 6.45) is 1.49. The van der Waals surface area contributed by atoms with Gasteiger partial charge in [-0.05, 0) is 13.8 Å². The van der Waals surface area contributed by atoms with Gasteiger partial charge in [-0.2, -0.15) is 0 Å². The summed E-state index contributed by atoms with van der Waals surface area (Å²) in [5.41, 5.74) is 0.330. The van der Waals surface area contributed by atoms with E-state index in [0.29, 0.717) is 5.57 Å². The van der Waals surface area contributed by atoms with Crippen LogP contribution in [-0.2, 0) is 4.79 Å². The Labute approximate surface area is 54.4 Å². The lowest BCUT2D eigenvalue weighted by Gasteiger charge is -1.93. The molecule has 0 saturated carbocycles. The molecular formula is C6H11NO2. The van der Waals surface area contributed by atoms with E-state index in [1.165, 1.54) is 6.20 Å². The van der Waals surface area contributed by atoms with Crippen molar-refractivity contribution in [3.05, 3.63) is 11.8 Å². The molecule has 0 fully saturated rings. The van der Waals surface area contributed by atoms with Crippen molar-refractivity contribution in [3.63, 3.8) is 0 Å². The molecule has 0 aliphatic carbocycles. The second-order valence-electron chi connectivity index (χ2n) is 1.69. The number of hydrogen-bond donors (Lipinski definition) is 2. The molecule has 0 spiro atoms. The molecule has 0 radical (unpaired) electrons. The molecule has 0 atom stereocenters. The van der Waals surface area contributed by atoms with Crippen LogP contribution < -0.4 is 5.32 Å². The van der Waals surface area contributed by atoms with E-state index in [1.807, 2.05) is 6.92 Å². The molecule has 3 nitrogen and oxygen atoms in total. The highest BCUT2D eigenvalue weighted by Crippen LogP contribution is 1.87. The van der Waals surface area contributed by atoms with Crippen molar-refractivity contribution < 1.29 is 9.90 Å². The van der Waals surface area contributed by atoms with Crippen LogP contribution in [0.25, 0.3) is 0 Å². The minimum Gasteiger partial charge on any atom is -0.478 e. The van der Waals surface area contributed by atoms with E-state index in [-0.39, 0.29) is 0 Å². The molecule has 0 aromatic heterocycles. The van der Waals surface area contributed by atoms with Crippen LogP contribution in [0, 0.1) is 0 Å². The lowest BCUT2D eigenvalue weighted by atomic mass is 10.3. The third kappa shape index (κ3) is 3.58. The Morgan fingerprint density at radius 3 is 2.67 bits per heavy atom. The molecule has 0 unspecified atom stereocenters. The van der Waals surface area contributed by atoms with E-state index in [4.69, 9.17) is 5.11 Å². The highest BCUT2D eigenvalue weighted by molar-refractivity contribution is 5.85. The predicted molar refractivity (Wildman–Crippen MR) is 35.1 cm³/mol. The monoisotopic (exact) mass is 129 g/mol. The number of carbonyl (C=O) groups is 1. The fourth-order valence-corrected chi connectivity index (χ4v) is 0.317. The van der Waals surface area contributed by atoms with E-state index in [2.05, 4.69) is 5.32 Å². The second kappa shape index (κ2) is 3.95. The van der Waals surface area contributed by atoms with Crippen molar-refractivity contribution in [3.8, 4) is 0 Å². The van der Waals surface area contributed by atoms with Crippen LogP contribution in [0.3, 0.4) is 0 Å². The van der Waals surface area contributed by atoms with E-state index in [1.54, 1.807) is 6.92 Å². The zero-order valence-corrected chi connectivity index (χ0v) is 5.64. The summed E-state index contributed by atoms with van der Waals surface area (Å²) >= 11 is 0. The van der Waals surface area contributed by atoms with Crippen LogP contribution in [0.5, 0.6) is 0 Å². The third-order valence-electron chi connectivity index (χ3n) is 0.860. The van der Waals surface area contributed by atoms with Crippen molar-refractivity contribution in [1.29, 1.82) is 0 Å². The molecule has 0 amide bonds. The maximum absolute atomic E-state index is 10.1. The molecule has 0 aliphatic rings. The molecule has 0 bridgehead atoms. The third-order valence-corrected chi connectivity index (χ3v) is 0.860. The largest absolute Gasteiger partial charge is 0.478 e. The standard InChI is InChI=1S/C6H11NO2/c1-3-7-4-5(2)6(8)9/h4,7H,3H2,1-2H3,(H,8,9)/b5-4-. The Morgan fingerprint density at radius 1 is 1.78 bits per heavy atom. The fraction of sp³-hybridized carbons (Fsp3) is 0.500. The normalized spacial score (nSPS) is 11.1. The molecule has 9 heavy (non-hydrogen) atoms. The SMILES string of the molecule is CCN/C=C(/C)C(=O)O. The molecule has 52 valence electrons. The van der Waals surface area contributed by atoms with Crippen molar-refractivity contribution in [2.45, 2.75) is 13.8 Å². The average Bonchev–Trinajstić information content (AvgIpc) is 1.82. The summed E-state index contributed by atoms with van der Waals surface area (Å²) in [5, 5.41) is 11.1. The average molecular weight is 129 g/mol. The molecule has 0 saturated heterocycles. The quantitative estimate of drug-likeness (QED) is 0.548. The van der Waals surface area contributed by atoms with Crippen molar-refractivity contribution in [1.82, 2.24) is 5.32 Å². The van der Waals surface area contributed by atoms with Gasteiger partial charge in [0.15, 0.2) is 0 Å². The highest BCUT2D eigenvalue weighted by Gasteiger charge is 1.95. The van der Waals surface area contributed by atoms with Crippen LogP contribution in [0.15, 0.2) is 11.8 Å². The van der Waals surface area contributed by atoms with Gasteiger partial charge >= 0.3 is 5.97 Å². The Balaban J connectivity index is 3.69. The first-order valence-electron chi connectivity index (χ1n) is 2.82. The van der Waals surface area contributed by atoms with Gasteiger partial charge in [-0.25, -0.2) is 4.79 Å². The molecule has 3 heteroatoms. The van der Waals surface area contributed by atoms with E-state index >= 15 is 0 Å². The fourth-order valence-electron chi connectivity index (χ4n) is 0.317. The Bertz CT molecular complexity index is 129. The number of carboxylic acid groups (broad SMARTS) is 1. The first-order chi connectivity index (χ1) is 4.18. The first kappa shape index (κ1) is 8.01. The maximum Gasteiger partial charge on any atom is 0.332 e. The van der Waals surface area contributed by atoms with Crippen LogP contribution >= 0.6 is 0 Å². The topological polar surface area (TPSA) is 49.3 Å². The van der Waals surface area contributed by atoms with Crippen LogP contribution in [0.1, 0.15) is 13.8 Å². The molecule has 0 aromatic carbocycles. The summed E-state index contributed by atoms with van der Waals surface area (Å²) in [5.74, 6) is -0.879. The Morgan fingerprint density at radius 2 is 2.33 bits per heavy atom. The molecule has 0 aromatic rings. The van der Waals surface area contributed by atoms with E-state index in [0.717, 1.165) is 6.54 Å². The van der Waals surface area contributed by atoms with Crippen LogP contribution in [-0.4, -0.2) is 17.6 Å². The Kier molecular flexibility index (Phi) is 3.51. The van der Waals surface area contributed by atoms with Crippen molar-refractivity contribution in [2.24, 2.45) is 0 Å². The lowest BCUT2D eigenvalue weighted by molar-refractivity contribution is -0.132. The maximum atomic E-state index is 10.1. The number of aliphatic carboxylic acids is 1. The molecule has 0 aliphatic heterocycles. The molecule has 2 N–H and O–H groups in total. The molecular weight excluding hydrogens is 118 g/mol. The van der Waals surface area contributed by atoms with Gasteiger partial charge in [0, 0.05) is 18.3 Å². The van der Waals surface area contributed by atoms with Crippen LogP contribution in [0.4, 0.5) is 0 Å². The second-order valence-corrected chi connectivity index (χ2v) is 1.69. The molecule has 0 rings (SSSR count). The zero-order valence-electron chi connectivity index (χ0n) is 5.64. The van der Waals surface area contributed by atoms with Gasteiger partial charge < -0.3 is 10.4 Å². The van der Waals surface area contributed by atoms with Gasteiger partial charge in [0.2, 0.25) is 0 Å². The minimum absolute atomic E-state index is 0.330. The van der Waals surface area contributed by atoms with Crippen molar-refractivity contribution >= 4 is 5.97 Å². The first-order valence-corrected chi connectivity index (χ1v) is 2.82. The smallest absolute Gasteiger partial charge is 0.332 e. The van der Waals surface area contributed by atoms with Gasteiger partial charge in [0.05, 0.1) is 0 Å². The number of hydrogen-bond acceptors (Lipinski definition) is 2. The van der Waals surface area contributed by atoms with Crippen molar-refractivity contribution in [2.75, 3.05) is 6.54 Å². The zero-order chi connectivity index (χ0) is 7.28. The number of carboxylic acids is 1. The Hall–Kier alpha value is -0.990. The van der Waals surface area contributed by atoms with Gasteiger partial charge in [-0.3, -0.25) is 0 Å². The lowest BCUT2D eigenvalue weighted by Crippen LogP contribution is -2.07. The van der Waals surface area contributed by atoms with Crippen LogP contribution in [0.2, 0.25) is 0 Å². The number of nitrogens with one attached hydrogen (secondary N) is 1. The summed E-state index contributed by atoms with van der Waals surface area (Å²) in [6, 6.07) is 0. The minimum atomic E-state index is -0.879. The number of rotatable bonds is 3. The van der Waals surface area contributed by atoms with E-state index < -0.39 is 5.97 Å². The predicted octanol–water partition coefficient (Wildman–Crippen LogP) is 0.584. The summed E-state index contributed by atoms with van der Waals surface area (Å²) < 4.78 is 0. The van der Waals surface area contributed by atoms with E-state index in [9.17, 15) is 4.79 Å². The van der Waals surface area contributed by atoms with Gasteiger partial charge in [0.1, 0.15) is 0 Å². The summed E-state index contributed by atoms with van der Waals surface area (Å²) in [4.78, 5) is 10.1. The van der Waals surface area contributed by atoms with Gasteiger partial charge in [-0.15, -0.1) is 0 Å². The van der Waals surface area contributed by atoms with Gasteiger partial charge in [-0.1, -0.05) is 0 Å².